The van der Waals surface area contributed by atoms with Crippen LogP contribution in [0.4, 0.5) is 0 Å². The van der Waals surface area contributed by atoms with Crippen LogP contribution in [0.25, 0.3) is 0 Å². The zero-order chi connectivity index (χ0) is 15.5. The van der Waals surface area contributed by atoms with Gasteiger partial charge < -0.3 is 10.6 Å². The molecule has 5 heteroatoms. The van der Waals surface area contributed by atoms with Crippen molar-refractivity contribution in [3.05, 3.63) is 34.9 Å². The second-order valence-electron chi connectivity index (χ2n) is 5.79. The molecule has 21 heavy (non-hydrogen) atoms. The third-order valence-electron chi connectivity index (χ3n) is 3.96. The lowest BCUT2D eigenvalue weighted by Gasteiger charge is -2.23. The van der Waals surface area contributed by atoms with Gasteiger partial charge in [0.25, 0.3) is 0 Å². The van der Waals surface area contributed by atoms with Crippen molar-refractivity contribution < 1.29 is 4.79 Å². The molecule has 2 rings (SSSR count). The van der Waals surface area contributed by atoms with E-state index < -0.39 is 5.54 Å². The molecule has 1 aliphatic rings. The third kappa shape index (κ3) is 4.20. The Morgan fingerprint density at radius 3 is 2.62 bits per heavy atom. The number of halogens is 1. The highest BCUT2D eigenvalue weighted by molar-refractivity contribution is 6.30. The molecule has 1 aliphatic carbocycles. The van der Waals surface area contributed by atoms with Gasteiger partial charge in [-0.1, -0.05) is 23.7 Å². The van der Waals surface area contributed by atoms with Gasteiger partial charge in [0.05, 0.1) is 12.6 Å². The van der Waals surface area contributed by atoms with Gasteiger partial charge in [-0.05, 0) is 50.3 Å². The molecule has 1 aromatic rings. The Bertz CT molecular complexity index is 548. The summed E-state index contributed by atoms with van der Waals surface area (Å²) in [4.78, 5) is 12.0. The lowest BCUT2D eigenvalue weighted by Crippen LogP contribution is -2.49. The third-order valence-corrected chi connectivity index (χ3v) is 4.22. The molecular formula is C16H20ClN3O. The summed E-state index contributed by atoms with van der Waals surface area (Å²) in [6, 6.07) is 9.79. The predicted molar refractivity (Wildman–Crippen MR) is 82.8 cm³/mol. The first-order valence-corrected chi connectivity index (χ1v) is 7.53. The van der Waals surface area contributed by atoms with Crippen molar-refractivity contribution in [1.29, 1.82) is 5.26 Å². The molecule has 1 amide bonds. The Labute approximate surface area is 130 Å². The normalized spacial score (nSPS) is 18.4. The van der Waals surface area contributed by atoms with Crippen LogP contribution in [0.3, 0.4) is 0 Å². The van der Waals surface area contributed by atoms with E-state index in [1.165, 1.54) is 0 Å². The van der Waals surface area contributed by atoms with Crippen molar-refractivity contribution in [3.8, 4) is 6.07 Å². The minimum absolute atomic E-state index is 0.0438. The summed E-state index contributed by atoms with van der Waals surface area (Å²) in [6.45, 7) is 3.97. The van der Waals surface area contributed by atoms with E-state index in [9.17, 15) is 10.1 Å². The van der Waals surface area contributed by atoms with E-state index in [2.05, 4.69) is 16.7 Å². The summed E-state index contributed by atoms with van der Waals surface area (Å²) in [7, 11) is 0. The van der Waals surface area contributed by atoms with Crippen LogP contribution < -0.4 is 10.6 Å². The lowest BCUT2D eigenvalue weighted by atomic mass is 9.98. The van der Waals surface area contributed by atoms with E-state index >= 15 is 0 Å². The topological polar surface area (TPSA) is 64.9 Å². The van der Waals surface area contributed by atoms with E-state index in [-0.39, 0.29) is 18.5 Å². The van der Waals surface area contributed by atoms with E-state index in [0.29, 0.717) is 10.9 Å². The molecule has 2 atom stereocenters. The summed E-state index contributed by atoms with van der Waals surface area (Å²) in [5.74, 6) is 0.145. The van der Waals surface area contributed by atoms with Gasteiger partial charge in [0.2, 0.25) is 5.91 Å². The highest BCUT2D eigenvalue weighted by atomic mass is 35.5. The van der Waals surface area contributed by atoms with Crippen LogP contribution in [0, 0.1) is 17.2 Å². The molecule has 0 heterocycles. The maximum atomic E-state index is 12.0. The monoisotopic (exact) mass is 305 g/mol. The van der Waals surface area contributed by atoms with Crippen LogP contribution in [0.5, 0.6) is 0 Å². The maximum Gasteiger partial charge on any atom is 0.235 e. The highest BCUT2D eigenvalue weighted by Gasteiger charge is 2.42. The molecule has 1 saturated carbocycles. The molecule has 2 N–H and O–H groups in total. The van der Waals surface area contributed by atoms with Gasteiger partial charge in [0.15, 0.2) is 0 Å². The fourth-order valence-electron chi connectivity index (χ4n) is 2.33. The number of nitrogens with one attached hydrogen (secondary N) is 2. The number of nitriles is 1. The smallest absolute Gasteiger partial charge is 0.235 e. The fraction of sp³-hybridized carbons (Fsp3) is 0.500. The van der Waals surface area contributed by atoms with Crippen LogP contribution in [0.15, 0.2) is 24.3 Å². The van der Waals surface area contributed by atoms with Gasteiger partial charge in [-0.15, -0.1) is 0 Å². The first-order valence-electron chi connectivity index (χ1n) is 7.16. The van der Waals surface area contributed by atoms with Crippen LogP contribution >= 0.6 is 11.6 Å². The lowest BCUT2D eigenvalue weighted by molar-refractivity contribution is -0.121. The Hall–Kier alpha value is -1.57. The van der Waals surface area contributed by atoms with Gasteiger partial charge in [0, 0.05) is 11.1 Å². The number of rotatable bonds is 6. The number of amides is 1. The molecule has 4 nitrogen and oxygen atoms in total. The average Bonchev–Trinajstić information content (AvgIpc) is 3.30. The summed E-state index contributed by atoms with van der Waals surface area (Å²) in [5.41, 5.74) is 0.333. The van der Waals surface area contributed by atoms with Crippen molar-refractivity contribution in [2.45, 2.75) is 38.3 Å². The van der Waals surface area contributed by atoms with Gasteiger partial charge in [0.1, 0.15) is 5.54 Å². The predicted octanol–water partition coefficient (Wildman–Crippen LogP) is 2.80. The zero-order valence-electron chi connectivity index (χ0n) is 12.3. The van der Waals surface area contributed by atoms with E-state index in [1.807, 2.05) is 31.2 Å². The van der Waals surface area contributed by atoms with E-state index in [1.54, 1.807) is 6.92 Å². The number of benzene rings is 1. The largest absolute Gasteiger partial charge is 0.337 e. The Kier molecular flexibility index (Phi) is 4.87. The molecule has 0 spiro atoms. The SMILES string of the molecule is C[C@@H](NCC(=O)N[C@](C)(C#N)C1CC1)c1ccc(Cl)cc1. The first-order chi connectivity index (χ1) is 9.94. The van der Waals surface area contributed by atoms with Crippen molar-refractivity contribution in [2.75, 3.05) is 6.54 Å². The average molecular weight is 306 g/mol. The molecule has 0 aliphatic heterocycles. The standard InChI is InChI=1S/C16H20ClN3O/c1-11(12-3-7-14(17)8-4-12)19-9-15(21)20-16(2,10-18)13-5-6-13/h3-4,7-8,11,13,19H,5-6,9H2,1-2H3,(H,20,21)/t11-,16-/m1/s1. The summed E-state index contributed by atoms with van der Waals surface area (Å²) < 4.78 is 0. The maximum absolute atomic E-state index is 12.0. The summed E-state index contributed by atoms with van der Waals surface area (Å²) >= 11 is 5.85. The molecule has 112 valence electrons. The molecule has 1 aromatic carbocycles. The van der Waals surface area contributed by atoms with Crippen LogP contribution in [0.2, 0.25) is 5.02 Å². The minimum atomic E-state index is -0.734. The number of carbonyl (C=O) groups is 1. The van der Waals surface area contributed by atoms with Crippen molar-refractivity contribution in [2.24, 2.45) is 5.92 Å². The second-order valence-corrected chi connectivity index (χ2v) is 6.23. The van der Waals surface area contributed by atoms with Crippen molar-refractivity contribution in [3.63, 3.8) is 0 Å². The minimum Gasteiger partial charge on any atom is -0.337 e. The number of hydrogen-bond donors (Lipinski definition) is 2. The number of hydrogen-bond acceptors (Lipinski definition) is 3. The Morgan fingerprint density at radius 1 is 1.48 bits per heavy atom. The van der Waals surface area contributed by atoms with Gasteiger partial charge in [-0.3, -0.25) is 4.79 Å². The van der Waals surface area contributed by atoms with Crippen LogP contribution in [-0.2, 0) is 4.79 Å². The molecular weight excluding hydrogens is 286 g/mol. The molecule has 0 radical (unpaired) electrons. The zero-order valence-corrected chi connectivity index (χ0v) is 13.1. The fourth-order valence-corrected chi connectivity index (χ4v) is 2.46. The van der Waals surface area contributed by atoms with Crippen LogP contribution in [0.1, 0.15) is 38.3 Å². The van der Waals surface area contributed by atoms with Gasteiger partial charge in [-0.25, -0.2) is 0 Å². The number of nitrogens with zero attached hydrogens (tertiary/aromatic N) is 1. The Balaban J connectivity index is 1.83. The van der Waals surface area contributed by atoms with Crippen molar-refractivity contribution >= 4 is 17.5 Å². The van der Waals surface area contributed by atoms with E-state index in [4.69, 9.17) is 11.6 Å². The molecule has 0 saturated heterocycles. The summed E-state index contributed by atoms with van der Waals surface area (Å²) in [6.07, 6.45) is 2.03. The first kappa shape index (κ1) is 15.8. The molecule has 1 fully saturated rings. The molecule has 0 unspecified atom stereocenters. The summed E-state index contributed by atoms with van der Waals surface area (Å²) in [5, 5.41) is 15.9. The quantitative estimate of drug-likeness (QED) is 0.849. The van der Waals surface area contributed by atoms with Gasteiger partial charge >= 0.3 is 0 Å². The Morgan fingerprint density at radius 2 is 2.10 bits per heavy atom. The van der Waals surface area contributed by atoms with Crippen LogP contribution in [-0.4, -0.2) is 18.0 Å². The van der Waals surface area contributed by atoms with Gasteiger partial charge in [-0.2, -0.15) is 5.26 Å². The second kappa shape index (κ2) is 6.46. The number of carbonyl (C=O) groups excluding carboxylic acids is 1. The van der Waals surface area contributed by atoms with E-state index in [0.717, 1.165) is 18.4 Å². The highest BCUT2D eigenvalue weighted by Crippen LogP contribution is 2.39. The molecule has 0 aromatic heterocycles. The molecule has 0 bridgehead atoms. The van der Waals surface area contributed by atoms with Crippen molar-refractivity contribution in [1.82, 2.24) is 10.6 Å².